The van der Waals surface area contributed by atoms with E-state index in [2.05, 4.69) is 10.2 Å². The molecule has 0 radical (unpaired) electrons. The van der Waals surface area contributed by atoms with Crippen molar-refractivity contribution in [2.45, 2.75) is 63.1 Å². The van der Waals surface area contributed by atoms with Crippen molar-refractivity contribution in [2.75, 3.05) is 26.2 Å². The van der Waals surface area contributed by atoms with Gasteiger partial charge < -0.3 is 15.3 Å². The van der Waals surface area contributed by atoms with Crippen LogP contribution in [0.25, 0.3) is 0 Å². The number of β-amino-alcohol motifs (C(OH)–C–C–N with tert-alkyl or cyclic N) is 1. The van der Waals surface area contributed by atoms with Gasteiger partial charge in [0.1, 0.15) is 0 Å². The lowest BCUT2D eigenvalue weighted by Crippen LogP contribution is -2.51. The molecule has 3 atom stereocenters. The van der Waals surface area contributed by atoms with E-state index in [1.54, 1.807) is 4.90 Å². The van der Waals surface area contributed by atoms with Crippen molar-refractivity contribution in [1.82, 2.24) is 15.1 Å². The van der Waals surface area contributed by atoms with Crippen molar-refractivity contribution in [3.05, 3.63) is 0 Å². The number of likely N-dealkylation sites (tertiary alicyclic amines) is 2. The lowest BCUT2D eigenvalue weighted by atomic mass is 10.1. The van der Waals surface area contributed by atoms with Crippen LogP contribution in [0.4, 0.5) is 0 Å². The zero-order valence-corrected chi connectivity index (χ0v) is 13.2. The number of hydrogen-bond donors (Lipinski definition) is 2. The molecule has 3 fully saturated rings. The number of nitrogens with zero attached hydrogens (tertiary/aromatic N) is 2. The minimum Gasteiger partial charge on any atom is -0.392 e. The maximum Gasteiger partial charge on any atom is 0.239 e. The van der Waals surface area contributed by atoms with E-state index in [0.717, 1.165) is 51.6 Å². The molecule has 22 heavy (non-hydrogen) atoms. The number of amides is 2. The summed E-state index contributed by atoms with van der Waals surface area (Å²) in [6, 6.07) is 0.510. The number of carbonyl (C=O) groups excluding carboxylic acids is 2. The second kappa shape index (κ2) is 6.96. The number of aliphatic hydroxyl groups is 1. The Labute approximate surface area is 131 Å². The molecule has 2 N–H and O–H groups in total. The summed E-state index contributed by atoms with van der Waals surface area (Å²) in [5.74, 6) is 0.0685. The summed E-state index contributed by atoms with van der Waals surface area (Å²) in [5.41, 5.74) is 0. The molecule has 2 saturated heterocycles. The highest BCUT2D eigenvalue weighted by Crippen LogP contribution is 2.27. The Hall–Kier alpha value is -1.14. The van der Waals surface area contributed by atoms with E-state index in [1.807, 2.05) is 0 Å². The third-order valence-corrected chi connectivity index (χ3v) is 5.25. The standard InChI is InChI=1S/C16H27N3O3/c20-12-7-9-18(10-12)14-5-3-4-13(14)17-15(21)11-19-8-2-1-6-16(19)22/h12-14,20H,1-11H2,(H,17,21)/t12?,13-,14+/m1/s1. The number of nitrogens with one attached hydrogen (secondary N) is 1. The van der Waals surface area contributed by atoms with Crippen molar-refractivity contribution in [1.29, 1.82) is 0 Å². The van der Waals surface area contributed by atoms with Gasteiger partial charge in [-0.2, -0.15) is 0 Å². The molecule has 0 aromatic carbocycles. The van der Waals surface area contributed by atoms with Crippen LogP contribution in [0.15, 0.2) is 0 Å². The third kappa shape index (κ3) is 3.60. The van der Waals surface area contributed by atoms with Crippen LogP contribution >= 0.6 is 0 Å². The molecule has 1 aliphatic carbocycles. The van der Waals surface area contributed by atoms with Crippen molar-refractivity contribution in [2.24, 2.45) is 0 Å². The predicted molar refractivity (Wildman–Crippen MR) is 82.2 cm³/mol. The van der Waals surface area contributed by atoms with E-state index >= 15 is 0 Å². The zero-order chi connectivity index (χ0) is 15.5. The molecular formula is C16H27N3O3. The molecule has 124 valence electrons. The Kier molecular flexibility index (Phi) is 4.98. The van der Waals surface area contributed by atoms with E-state index in [1.165, 1.54) is 0 Å². The van der Waals surface area contributed by atoms with Crippen LogP contribution in [-0.2, 0) is 9.59 Å². The Bertz CT molecular complexity index is 429. The normalized spacial score (nSPS) is 33.4. The van der Waals surface area contributed by atoms with Gasteiger partial charge in [-0.25, -0.2) is 0 Å². The van der Waals surface area contributed by atoms with Crippen LogP contribution in [-0.4, -0.2) is 71.1 Å². The highest BCUT2D eigenvalue weighted by Gasteiger charge is 2.36. The lowest BCUT2D eigenvalue weighted by molar-refractivity contribution is -0.138. The molecule has 1 saturated carbocycles. The van der Waals surface area contributed by atoms with Gasteiger partial charge in [-0.15, -0.1) is 0 Å². The van der Waals surface area contributed by atoms with Gasteiger partial charge in [0.2, 0.25) is 11.8 Å². The Balaban J connectivity index is 1.50. The third-order valence-electron chi connectivity index (χ3n) is 5.25. The number of carbonyl (C=O) groups is 2. The molecule has 0 spiro atoms. The first-order valence-corrected chi connectivity index (χ1v) is 8.63. The van der Waals surface area contributed by atoms with E-state index in [-0.39, 0.29) is 30.5 Å². The van der Waals surface area contributed by atoms with Crippen LogP contribution in [0.2, 0.25) is 0 Å². The number of rotatable bonds is 4. The van der Waals surface area contributed by atoms with Crippen molar-refractivity contribution < 1.29 is 14.7 Å². The van der Waals surface area contributed by atoms with Crippen LogP contribution in [0.3, 0.4) is 0 Å². The average Bonchev–Trinajstić information content (AvgIpc) is 3.10. The monoisotopic (exact) mass is 309 g/mol. The molecule has 0 aromatic rings. The summed E-state index contributed by atoms with van der Waals surface area (Å²) in [6.45, 7) is 2.55. The Morgan fingerprint density at radius 3 is 2.77 bits per heavy atom. The fraction of sp³-hybridized carbons (Fsp3) is 0.875. The number of aliphatic hydroxyl groups excluding tert-OH is 1. The lowest BCUT2D eigenvalue weighted by Gasteiger charge is -2.31. The maximum absolute atomic E-state index is 12.3. The quantitative estimate of drug-likeness (QED) is 0.773. The minimum atomic E-state index is -0.220. The Morgan fingerprint density at radius 1 is 1.18 bits per heavy atom. The van der Waals surface area contributed by atoms with Gasteiger partial charge in [-0.3, -0.25) is 14.5 Å². The van der Waals surface area contributed by atoms with Gasteiger partial charge in [0, 0.05) is 38.1 Å². The first-order valence-electron chi connectivity index (χ1n) is 8.63. The van der Waals surface area contributed by atoms with Gasteiger partial charge in [0.05, 0.1) is 12.6 Å². The average molecular weight is 309 g/mol. The summed E-state index contributed by atoms with van der Waals surface area (Å²) >= 11 is 0. The molecule has 0 bridgehead atoms. The fourth-order valence-electron chi connectivity index (χ4n) is 4.07. The molecule has 0 aromatic heterocycles. The fourth-order valence-corrected chi connectivity index (χ4v) is 4.07. The van der Waals surface area contributed by atoms with Crippen LogP contribution in [0.1, 0.15) is 44.9 Å². The van der Waals surface area contributed by atoms with E-state index in [9.17, 15) is 14.7 Å². The summed E-state index contributed by atoms with van der Waals surface area (Å²) in [4.78, 5) is 28.0. The number of piperidine rings is 1. The van der Waals surface area contributed by atoms with Crippen molar-refractivity contribution >= 4 is 11.8 Å². The summed E-state index contributed by atoms with van der Waals surface area (Å²) in [7, 11) is 0. The van der Waals surface area contributed by atoms with Gasteiger partial charge in [0.15, 0.2) is 0 Å². The van der Waals surface area contributed by atoms with Crippen molar-refractivity contribution in [3.8, 4) is 0 Å². The SMILES string of the molecule is O=C(CN1CCCCC1=O)N[C@@H]1CCC[C@@H]1N1CCC(O)C1. The van der Waals surface area contributed by atoms with Crippen LogP contribution < -0.4 is 5.32 Å². The Morgan fingerprint density at radius 2 is 2.05 bits per heavy atom. The summed E-state index contributed by atoms with van der Waals surface area (Å²) in [5, 5.41) is 12.8. The molecule has 2 heterocycles. The predicted octanol–water partition coefficient (Wildman–Crippen LogP) is 0.103. The molecule has 6 heteroatoms. The first-order chi connectivity index (χ1) is 10.6. The highest BCUT2D eigenvalue weighted by molar-refractivity contribution is 5.85. The van der Waals surface area contributed by atoms with Crippen LogP contribution in [0.5, 0.6) is 0 Å². The molecule has 3 aliphatic rings. The highest BCUT2D eigenvalue weighted by atomic mass is 16.3. The van der Waals surface area contributed by atoms with E-state index < -0.39 is 0 Å². The molecule has 2 aliphatic heterocycles. The van der Waals surface area contributed by atoms with E-state index in [4.69, 9.17) is 0 Å². The molecule has 2 amide bonds. The second-order valence-electron chi connectivity index (χ2n) is 6.88. The second-order valence-corrected chi connectivity index (χ2v) is 6.88. The van der Waals surface area contributed by atoms with Gasteiger partial charge in [-0.05, 0) is 38.5 Å². The maximum atomic E-state index is 12.3. The smallest absolute Gasteiger partial charge is 0.239 e. The van der Waals surface area contributed by atoms with Gasteiger partial charge in [-0.1, -0.05) is 0 Å². The van der Waals surface area contributed by atoms with Gasteiger partial charge >= 0.3 is 0 Å². The topological polar surface area (TPSA) is 72.9 Å². The summed E-state index contributed by atoms with van der Waals surface area (Å²) in [6.07, 6.45) is 6.32. The zero-order valence-electron chi connectivity index (χ0n) is 13.2. The minimum absolute atomic E-state index is 0.0353. The largest absolute Gasteiger partial charge is 0.392 e. The molecule has 3 rings (SSSR count). The molecular weight excluding hydrogens is 282 g/mol. The number of hydrogen-bond acceptors (Lipinski definition) is 4. The first kappa shape index (κ1) is 15.7. The van der Waals surface area contributed by atoms with Gasteiger partial charge in [0.25, 0.3) is 0 Å². The van der Waals surface area contributed by atoms with Crippen LogP contribution in [0, 0.1) is 0 Å². The van der Waals surface area contributed by atoms with E-state index in [0.29, 0.717) is 19.0 Å². The summed E-state index contributed by atoms with van der Waals surface area (Å²) < 4.78 is 0. The molecule has 1 unspecified atom stereocenters. The van der Waals surface area contributed by atoms with Crippen molar-refractivity contribution in [3.63, 3.8) is 0 Å². The molecule has 6 nitrogen and oxygen atoms in total.